The molecule has 0 unspecified atom stereocenters. The Kier molecular flexibility index (Phi) is 4.22. The van der Waals surface area contributed by atoms with Crippen molar-refractivity contribution >= 4 is 5.97 Å². The van der Waals surface area contributed by atoms with E-state index in [1.54, 1.807) is 0 Å². The molecule has 1 heterocycles. The summed E-state index contributed by atoms with van der Waals surface area (Å²) in [6.07, 6.45) is 9.28. The number of ether oxygens (including phenoxy) is 2. The van der Waals surface area contributed by atoms with Crippen LogP contribution in [-0.4, -0.2) is 35.5 Å². The second kappa shape index (κ2) is 6.09. The fourth-order valence-electron chi connectivity index (χ4n) is 8.77. The molecule has 0 amide bonds. The number of hydrogen-bond acceptors (Lipinski definition) is 4. The number of carbonyl (C=O) groups is 1. The molecule has 29 heavy (non-hydrogen) atoms. The quantitative estimate of drug-likeness (QED) is 0.415. The van der Waals surface area contributed by atoms with Crippen LogP contribution in [0.4, 0.5) is 0 Å². The maximum Gasteiger partial charge on any atom is 0.333 e. The van der Waals surface area contributed by atoms with E-state index >= 15 is 0 Å². The van der Waals surface area contributed by atoms with Crippen molar-refractivity contribution in [3.05, 3.63) is 11.6 Å². The molecule has 4 aliphatic carbocycles. The van der Waals surface area contributed by atoms with Crippen molar-refractivity contribution in [2.24, 2.45) is 34.0 Å². The molecule has 1 saturated heterocycles. The summed E-state index contributed by atoms with van der Waals surface area (Å²) in [5.41, 5.74) is 0.674. The van der Waals surface area contributed by atoms with E-state index in [-0.39, 0.29) is 40.0 Å². The van der Waals surface area contributed by atoms with Gasteiger partial charge in [-0.15, -0.1) is 0 Å². The zero-order valence-electron chi connectivity index (χ0n) is 18.8. The fraction of sp³-hybridized carbons (Fsp3) is 0.880. The minimum atomic E-state index is -0.217. The Morgan fingerprint density at radius 1 is 1.10 bits per heavy atom. The number of aliphatic hydroxyl groups excluding tert-OH is 1. The highest BCUT2D eigenvalue weighted by Crippen LogP contribution is 2.75. The maximum atomic E-state index is 12.8. The van der Waals surface area contributed by atoms with Crippen LogP contribution in [0.2, 0.25) is 0 Å². The zero-order valence-corrected chi connectivity index (χ0v) is 18.8. The van der Waals surface area contributed by atoms with Gasteiger partial charge in [0.2, 0.25) is 0 Å². The Morgan fingerprint density at radius 2 is 1.83 bits per heavy atom. The number of allylic oxidation sites excluding steroid dienone is 1. The molecule has 5 fully saturated rings. The van der Waals surface area contributed by atoms with Gasteiger partial charge in [0.1, 0.15) is 11.7 Å². The lowest BCUT2D eigenvalue weighted by Gasteiger charge is -2.65. The fourth-order valence-corrected chi connectivity index (χ4v) is 8.77. The number of aliphatic hydroxyl groups is 1. The summed E-state index contributed by atoms with van der Waals surface area (Å²) in [5, 5.41) is 10.8. The van der Waals surface area contributed by atoms with E-state index in [4.69, 9.17) is 9.47 Å². The lowest BCUT2D eigenvalue weighted by Crippen LogP contribution is -2.61. The molecule has 8 atom stereocenters. The molecule has 4 nitrogen and oxygen atoms in total. The van der Waals surface area contributed by atoms with Gasteiger partial charge in [-0.1, -0.05) is 26.8 Å². The molecule has 2 bridgehead atoms. The number of carbonyl (C=O) groups excluding carboxylic acids is 1. The zero-order chi connectivity index (χ0) is 20.8. The number of fused-ring (bicyclic) bond motifs is 4. The van der Waals surface area contributed by atoms with E-state index in [0.717, 1.165) is 38.7 Å². The van der Waals surface area contributed by atoms with E-state index in [9.17, 15) is 9.90 Å². The molecule has 0 radical (unpaired) electrons. The lowest BCUT2D eigenvalue weighted by molar-refractivity contribution is -0.205. The van der Waals surface area contributed by atoms with Gasteiger partial charge in [-0.3, -0.25) is 0 Å². The Labute approximate surface area is 175 Å². The molecule has 162 valence electrons. The van der Waals surface area contributed by atoms with Gasteiger partial charge in [0.25, 0.3) is 0 Å². The van der Waals surface area contributed by atoms with Crippen LogP contribution in [0.5, 0.6) is 0 Å². The van der Waals surface area contributed by atoms with Gasteiger partial charge in [0.05, 0.1) is 12.7 Å². The predicted molar refractivity (Wildman–Crippen MR) is 111 cm³/mol. The van der Waals surface area contributed by atoms with Crippen molar-refractivity contribution in [3.63, 3.8) is 0 Å². The molecule has 1 N–H and O–H groups in total. The van der Waals surface area contributed by atoms with Crippen LogP contribution in [0.3, 0.4) is 0 Å². The first-order valence-electron chi connectivity index (χ1n) is 11.8. The predicted octanol–water partition coefficient (Wildman–Crippen LogP) is 4.65. The number of rotatable bonds is 2. The van der Waals surface area contributed by atoms with Crippen LogP contribution in [0.25, 0.3) is 0 Å². The molecular weight excluding hydrogens is 364 g/mol. The van der Waals surface area contributed by atoms with Gasteiger partial charge < -0.3 is 14.6 Å². The first kappa shape index (κ1) is 20.1. The van der Waals surface area contributed by atoms with Crippen LogP contribution < -0.4 is 0 Å². The summed E-state index contributed by atoms with van der Waals surface area (Å²) in [7, 11) is 0. The van der Waals surface area contributed by atoms with Crippen LogP contribution >= 0.6 is 0 Å². The van der Waals surface area contributed by atoms with E-state index < -0.39 is 0 Å². The molecule has 1 aliphatic heterocycles. The second-order valence-electron chi connectivity index (χ2n) is 11.7. The van der Waals surface area contributed by atoms with Crippen molar-refractivity contribution in [2.45, 2.75) is 97.4 Å². The van der Waals surface area contributed by atoms with E-state index in [0.29, 0.717) is 23.3 Å². The lowest BCUT2D eigenvalue weighted by atomic mass is 9.40. The van der Waals surface area contributed by atoms with E-state index in [1.807, 2.05) is 19.9 Å². The minimum absolute atomic E-state index is 0.0483. The highest BCUT2D eigenvalue weighted by Gasteiger charge is 2.77. The van der Waals surface area contributed by atoms with Gasteiger partial charge in [-0.2, -0.15) is 0 Å². The Hall–Kier alpha value is -0.870. The van der Waals surface area contributed by atoms with Crippen LogP contribution in [0.1, 0.15) is 79.6 Å². The van der Waals surface area contributed by atoms with E-state index in [2.05, 4.69) is 20.8 Å². The molecule has 5 aliphatic rings. The van der Waals surface area contributed by atoms with Gasteiger partial charge >= 0.3 is 5.97 Å². The standard InChI is InChI=1S/C25H38O4/c1-6-15(2)20(27)29-21-24-12-9-17-22(3,4)19(26)10-11-23(17,5)18(24)8-7-16(13-24)25(21)14-28-25/h6,16-19,21,26H,7-14H2,1-5H3/b15-6-/t16-,17-,18+,19-,21+,23-,24-,25+/m1/s1. The summed E-state index contributed by atoms with van der Waals surface area (Å²) in [6.45, 7) is 11.5. The highest BCUT2D eigenvalue weighted by molar-refractivity contribution is 5.87. The third-order valence-corrected chi connectivity index (χ3v) is 10.4. The molecule has 0 aromatic heterocycles. The Morgan fingerprint density at radius 3 is 2.48 bits per heavy atom. The van der Waals surface area contributed by atoms with E-state index in [1.165, 1.54) is 12.8 Å². The number of esters is 1. The highest BCUT2D eigenvalue weighted by atomic mass is 16.6. The SMILES string of the molecule is C/C=C(/C)C(=O)O[C@H]1[C@@]23CC[C@@H]4C(C)(C)[C@H](O)CC[C@@]4(C)[C@@H]2CC[C@H](C3)[C@@]12CO2. The molecule has 0 aromatic carbocycles. The van der Waals surface area contributed by atoms with Gasteiger partial charge in [0.15, 0.2) is 0 Å². The average Bonchev–Trinajstić information content (AvgIpc) is 3.46. The third kappa shape index (κ3) is 2.42. The van der Waals surface area contributed by atoms with Crippen LogP contribution in [0, 0.1) is 34.0 Å². The normalized spacial score (nSPS) is 52.6. The first-order chi connectivity index (χ1) is 13.6. The summed E-state index contributed by atoms with van der Waals surface area (Å²) < 4.78 is 12.5. The topological polar surface area (TPSA) is 59.1 Å². The molecular formula is C25H38O4. The van der Waals surface area contributed by atoms with Gasteiger partial charge in [0, 0.05) is 11.0 Å². The number of hydrogen-bond donors (Lipinski definition) is 1. The second-order valence-corrected chi connectivity index (χ2v) is 11.7. The smallest absolute Gasteiger partial charge is 0.333 e. The third-order valence-electron chi connectivity index (χ3n) is 10.4. The summed E-state index contributed by atoms with van der Waals surface area (Å²) >= 11 is 0. The summed E-state index contributed by atoms with van der Waals surface area (Å²) in [6, 6.07) is 0. The maximum absolute atomic E-state index is 12.8. The first-order valence-corrected chi connectivity index (χ1v) is 11.8. The monoisotopic (exact) mass is 402 g/mol. The van der Waals surface area contributed by atoms with Crippen molar-refractivity contribution in [1.29, 1.82) is 0 Å². The van der Waals surface area contributed by atoms with Crippen molar-refractivity contribution in [3.8, 4) is 0 Å². The minimum Gasteiger partial charge on any atom is -0.455 e. The van der Waals surface area contributed by atoms with Gasteiger partial charge in [-0.05, 0) is 87.4 Å². The molecule has 5 rings (SSSR count). The number of epoxide rings is 1. The average molecular weight is 403 g/mol. The largest absolute Gasteiger partial charge is 0.455 e. The summed E-state index contributed by atoms with van der Waals surface area (Å²) in [4.78, 5) is 12.8. The van der Waals surface area contributed by atoms with Crippen molar-refractivity contribution < 1.29 is 19.4 Å². The molecule has 4 saturated carbocycles. The molecule has 0 aromatic rings. The Bertz CT molecular complexity index is 750. The molecule has 4 heteroatoms. The van der Waals surface area contributed by atoms with Crippen molar-refractivity contribution in [2.75, 3.05) is 6.61 Å². The van der Waals surface area contributed by atoms with Crippen LogP contribution in [-0.2, 0) is 14.3 Å². The molecule has 2 spiro atoms. The van der Waals surface area contributed by atoms with Crippen molar-refractivity contribution in [1.82, 2.24) is 0 Å². The van der Waals surface area contributed by atoms with Gasteiger partial charge in [-0.25, -0.2) is 4.79 Å². The Balaban J connectivity index is 1.54. The summed E-state index contributed by atoms with van der Waals surface area (Å²) in [5.74, 6) is 1.44. The van der Waals surface area contributed by atoms with Crippen LogP contribution in [0.15, 0.2) is 11.6 Å².